The van der Waals surface area contributed by atoms with Gasteiger partial charge in [-0.05, 0) is 61.9 Å². The third-order valence-electron chi connectivity index (χ3n) is 5.28. The third kappa shape index (κ3) is 3.44. The molecule has 3 nitrogen and oxygen atoms in total. The Morgan fingerprint density at radius 1 is 1.24 bits per heavy atom. The fraction of sp³-hybridized carbons (Fsp3) is 0.364. The molecule has 0 spiro atoms. The molecule has 1 amide bonds. The van der Waals surface area contributed by atoms with Crippen molar-refractivity contribution in [1.82, 2.24) is 4.90 Å². The zero-order chi connectivity index (χ0) is 17.8. The fourth-order valence-electron chi connectivity index (χ4n) is 3.85. The van der Waals surface area contributed by atoms with Gasteiger partial charge >= 0.3 is 0 Å². The van der Waals surface area contributed by atoms with Crippen LogP contribution >= 0.6 is 0 Å². The van der Waals surface area contributed by atoms with Crippen LogP contribution in [0.4, 0.5) is 0 Å². The van der Waals surface area contributed by atoms with E-state index in [0.717, 1.165) is 24.8 Å². The second-order valence-electron chi connectivity index (χ2n) is 6.68. The summed E-state index contributed by atoms with van der Waals surface area (Å²) >= 11 is 0. The molecule has 2 unspecified atom stereocenters. The number of benzene rings is 2. The van der Waals surface area contributed by atoms with Crippen LogP contribution in [-0.4, -0.2) is 17.4 Å². The first-order valence-corrected chi connectivity index (χ1v) is 9.04. The summed E-state index contributed by atoms with van der Waals surface area (Å²) < 4.78 is 0. The van der Waals surface area contributed by atoms with Crippen LogP contribution in [0.2, 0.25) is 0 Å². The Balaban J connectivity index is 1.85. The number of carbonyl (C=O) groups is 1. The Labute approximate surface area is 149 Å². The van der Waals surface area contributed by atoms with E-state index < -0.39 is 0 Å². The molecule has 25 heavy (non-hydrogen) atoms. The minimum atomic E-state index is -0.0364. The van der Waals surface area contributed by atoms with Crippen molar-refractivity contribution in [3.05, 3.63) is 70.8 Å². The molecule has 0 fully saturated rings. The second-order valence-corrected chi connectivity index (χ2v) is 6.68. The standard InChI is InChI=1S/C22H24N2O/c1-3-24(16(2)18-13-11-17(15-23)12-14-18)22(25)21-10-6-8-19-7-4-5-9-20(19)21/h4-5,7,9,11-14,16,21H,3,6,8,10H2,1-2H3. The van der Waals surface area contributed by atoms with Crippen molar-refractivity contribution >= 4 is 5.91 Å². The molecule has 0 saturated carbocycles. The van der Waals surface area contributed by atoms with Crippen LogP contribution < -0.4 is 0 Å². The zero-order valence-electron chi connectivity index (χ0n) is 14.9. The van der Waals surface area contributed by atoms with Gasteiger partial charge in [0.2, 0.25) is 5.91 Å². The molecule has 2 aromatic carbocycles. The lowest BCUT2D eigenvalue weighted by Crippen LogP contribution is -2.38. The van der Waals surface area contributed by atoms with E-state index in [1.165, 1.54) is 11.1 Å². The summed E-state index contributed by atoms with van der Waals surface area (Å²) in [6, 6.07) is 18.0. The van der Waals surface area contributed by atoms with Crippen molar-refractivity contribution < 1.29 is 4.79 Å². The maximum atomic E-state index is 13.3. The first kappa shape index (κ1) is 17.2. The van der Waals surface area contributed by atoms with E-state index in [2.05, 4.69) is 31.2 Å². The van der Waals surface area contributed by atoms with Gasteiger partial charge < -0.3 is 4.90 Å². The third-order valence-corrected chi connectivity index (χ3v) is 5.28. The maximum absolute atomic E-state index is 13.3. The molecule has 1 aliphatic rings. The highest BCUT2D eigenvalue weighted by molar-refractivity contribution is 5.85. The summed E-state index contributed by atoms with van der Waals surface area (Å²) in [5.74, 6) is 0.178. The predicted molar refractivity (Wildman–Crippen MR) is 99.1 cm³/mol. The topological polar surface area (TPSA) is 44.1 Å². The number of likely N-dealkylation sites (N-methyl/N-ethyl adjacent to an activating group) is 1. The lowest BCUT2D eigenvalue weighted by Gasteiger charge is -2.34. The maximum Gasteiger partial charge on any atom is 0.230 e. The summed E-state index contributed by atoms with van der Waals surface area (Å²) in [6.07, 6.45) is 3.06. The van der Waals surface area contributed by atoms with Crippen LogP contribution in [0.25, 0.3) is 0 Å². The van der Waals surface area contributed by atoms with Crippen molar-refractivity contribution in [2.45, 2.75) is 45.1 Å². The highest BCUT2D eigenvalue weighted by Crippen LogP contribution is 2.35. The molecule has 3 heteroatoms. The van der Waals surface area contributed by atoms with E-state index in [1.54, 1.807) is 0 Å². The van der Waals surface area contributed by atoms with Gasteiger partial charge in [-0.1, -0.05) is 36.4 Å². The van der Waals surface area contributed by atoms with E-state index >= 15 is 0 Å². The predicted octanol–water partition coefficient (Wildman–Crippen LogP) is 4.59. The van der Waals surface area contributed by atoms with Gasteiger partial charge in [-0.2, -0.15) is 5.26 Å². The van der Waals surface area contributed by atoms with Crippen LogP contribution in [-0.2, 0) is 11.2 Å². The average Bonchev–Trinajstić information content (AvgIpc) is 2.68. The van der Waals surface area contributed by atoms with Crippen LogP contribution in [0, 0.1) is 11.3 Å². The number of nitrogens with zero attached hydrogens (tertiary/aromatic N) is 2. The molecule has 0 N–H and O–H groups in total. The number of nitriles is 1. The minimum Gasteiger partial charge on any atom is -0.336 e. The summed E-state index contributed by atoms with van der Waals surface area (Å²) in [4.78, 5) is 15.3. The van der Waals surface area contributed by atoms with Crippen LogP contribution in [0.15, 0.2) is 48.5 Å². The molecule has 3 rings (SSSR count). The molecule has 0 saturated heterocycles. The average molecular weight is 332 g/mol. The molecule has 0 bridgehead atoms. The van der Waals surface area contributed by atoms with Crippen LogP contribution in [0.5, 0.6) is 0 Å². The number of rotatable bonds is 4. The summed E-state index contributed by atoms with van der Waals surface area (Å²) in [6.45, 7) is 4.78. The van der Waals surface area contributed by atoms with E-state index in [1.807, 2.05) is 42.2 Å². The first-order chi connectivity index (χ1) is 12.2. The Hall–Kier alpha value is -2.60. The molecule has 2 aromatic rings. The van der Waals surface area contributed by atoms with Gasteiger partial charge in [0.15, 0.2) is 0 Å². The summed E-state index contributed by atoms with van der Waals surface area (Å²) in [5.41, 5.74) is 4.23. The molecular weight excluding hydrogens is 308 g/mol. The number of carbonyl (C=O) groups excluding carboxylic acids is 1. The molecular formula is C22H24N2O. The van der Waals surface area contributed by atoms with E-state index in [0.29, 0.717) is 12.1 Å². The van der Waals surface area contributed by atoms with Crippen molar-refractivity contribution in [3.63, 3.8) is 0 Å². The monoisotopic (exact) mass is 332 g/mol. The van der Waals surface area contributed by atoms with Gasteiger partial charge in [-0.15, -0.1) is 0 Å². The van der Waals surface area contributed by atoms with Gasteiger partial charge in [0.05, 0.1) is 23.6 Å². The normalized spacial score (nSPS) is 17.2. The lowest BCUT2D eigenvalue weighted by molar-refractivity contribution is -0.135. The number of aryl methyl sites for hydroxylation is 1. The largest absolute Gasteiger partial charge is 0.336 e. The van der Waals surface area contributed by atoms with Crippen LogP contribution in [0.3, 0.4) is 0 Å². The number of hydrogen-bond acceptors (Lipinski definition) is 2. The fourth-order valence-corrected chi connectivity index (χ4v) is 3.85. The van der Waals surface area contributed by atoms with Gasteiger partial charge in [0.25, 0.3) is 0 Å². The number of fused-ring (bicyclic) bond motifs is 1. The van der Waals surface area contributed by atoms with E-state index in [4.69, 9.17) is 5.26 Å². The Morgan fingerprint density at radius 2 is 1.96 bits per heavy atom. The van der Waals surface area contributed by atoms with Gasteiger partial charge in [0, 0.05) is 6.54 Å². The van der Waals surface area contributed by atoms with Crippen molar-refractivity contribution in [3.8, 4) is 6.07 Å². The molecule has 1 aliphatic carbocycles. The zero-order valence-corrected chi connectivity index (χ0v) is 14.9. The summed E-state index contributed by atoms with van der Waals surface area (Å²) in [5, 5.41) is 8.96. The van der Waals surface area contributed by atoms with Crippen molar-refractivity contribution in [2.75, 3.05) is 6.54 Å². The van der Waals surface area contributed by atoms with E-state index in [-0.39, 0.29) is 17.9 Å². The molecule has 0 radical (unpaired) electrons. The highest BCUT2D eigenvalue weighted by atomic mass is 16.2. The lowest BCUT2D eigenvalue weighted by atomic mass is 9.81. The van der Waals surface area contributed by atoms with Gasteiger partial charge in [-0.25, -0.2) is 0 Å². The first-order valence-electron chi connectivity index (χ1n) is 9.04. The number of amides is 1. The smallest absolute Gasteiger partial charge is 0.230 e. The van der Waals surface area contributed by atoms with Crippen molar-refractivity contribution in [1.29, 1.82) is 5.26 Å². The number of hydrogen-bond donors (Lipinski definition) is 0. The molecule has 0 aromatic heterocycles. The van der Waals surface area contributed by atoms with E-state index in [9.17, 15) is 4.79 Å². The van der Waals surface area contributed by atoms with Crippen LogP contribution in [0.1, 0.15) is 60.9 Å². The summed E-state index contributed by atoms with van der Waals surface area (Å²) in [7, 11) is 0. The van der Waals surface area contributed by atoms with Gasteiger partial charge in [0.1, 0.15) is 0 Å². The molecule has 128 valence electrons. The van der Waals surface area contributed by atoms with Gasteiger partial charge in [-0.3, -0.25) is 4.79 Å². The SMILES string of the molecule is CCN(C(=O)C1CCCc2ccccc21)C(C)c1ccc(C#N)cc1. The highest BCUT2D eigenvalue weighted by Gasteiger charge is 2.31. The molecule has 0 heterocycles. The second kappa shape index (κ2) is 7.53. The quantitative estimate of drug-likeness (QED) is 0.822. The molecule has 0 aliphatic heterocycles. The van der Waals surface area contributed by atoms with Crippen molar-refractivity contribution in [2.24, 2.45) is 0 Å². The molecule has 2 atom stereocenters. The Morgan fingerprint density at radius 3 is 2.64 bits per heavy atom. The Bertz CT molecular complexity index is 788. The minimum absolute atomic E-state index is 0.000619. The Kier molecular flexibility index (Phi) is 5.19.